The summed E-state index contributed by atoms with van der Waals surface area (Å²) in [5.74, 6) is -0.572. The Hall–Kier alpha value is -0.840. The lowest BCUT2D eigenvalue weighted by Gasteiger charge is -2.09. The monoisotopic (exact) mass is 195 g/mol. The Kier molecular flexibility index (Phi) is 4.69. The van der Waals surface area contributed by atoms with Gasteiger partial charge < -0.3 is 5.73 Å². The Balaban J connectivity index is 3.81. The second kappa shape index (κ2) is 5.01. The smallest absolute Gasteiger partial charge is 0.321 e. The molecule has 0 aliphatic carbocycles. The number of halogens is 3. The molecule has 0 aromatic heterocycles. The van der Waals surface area contributed by atoms with Gasteiger partial charge >= 0.3 is 6.18 Å². The van der Waals surface area contributed by atoms with E-state index >= 15 is 0 Å². The van der Waals surface area contributed by atoms with Gasteiger partial charge in [-0.25, -0.2) is 0 Å². The molecule has 0 rings (SSSR count). The second-order valence-corrected chi connectivity index (χ2v) is 2.71. The summed E-state index contributed by atoms with van der Waals surface area (Å²) >= 11 is 0. The minimum absolute atomic E-state index is 0.219. The summed E-state index contributed by atoms with van der Waals surface area (Å²) in [5, 5.41) is 0. The molecular weight excluding hydrogens is 183 g/mol. The van der Waals surface area contributed by atoms with Crippen molar-refractivity contribution < 1.29 is 18.0 Å². The number of rotatable bonds is 5. The maximum Gasteiger partial charge on any atom is 0.389 e. The van der Waals surface area contributed by atoms with Gasteiger partial charge in [0.1, 0.15) is 5.78 Å². The second-order valence-electron chi connectivity index (χ2n) is 2.71. The predicted molar refractivity (Wildman–Crippen MR) is 43.1 cm³/mol. The van der Waals surface area contributed by atoms with Crippen molar-refractivity contribution in [1.82, 2.24) is 0 Å². The number of alkyl halides is 3. The van der Waals surface area contributed by atoms with Gasteiger partial charge in [0.2, 0.25) is 0 Å². The first-order valence-electron chi connectivity index (χ1n) is 3.82. The molecular formula is C8H12F3NO. The van der Waals surface area contributed by atoms with E-state index in [9.17, 15) is 18.0 Å². The fraction of sp³-hybridized carbons (Fsp3) is 0.625. The Morgan fingerprint density at radius 3 is 2.46 bits per heavy atom. The molecule has 0 amide bonds. The van der Waals surface area contributed by atoms with Crippen molar-refractivity contribution in [2.75, 3.05) is 0 Å². The average Bonchev–Trinajstić information content (AvgIpc) is 1.99. The molecule has 0 radical (unpaired) electrons. The fourth-order valence-corrected chi connectivity index (χ4v) is 0.761. The molecule has 0 spiro atoms. The molecule has 5 heteroatoms. The first-order valence-corrected chi connectivity index (χ1v) is 3.82. The Bertz CT molecular complexity index is 188. The average molecular weight is 195 g/mol. The van der Waals surface area contributed by atoms with Crippen molar-refractivity contribution >= 4 is 5.78 Å². The zero-order valence-electron chi connectivity index (χ0n) is 7.10. The molecule has 0 aliphatic heterocycles. The van der Waals surface area contributed by atoms with Crippen LogP contribution in [0.1, 0.15) is 19.3 Å². The van der Waals surface area contributed by atoms with Gasteiger partial charge in [0.25, 0.3) is 0 Å². The SMILES string of the molecule is C=CCC(N)C(=O)CCC(F)(F)F. The standard InChI is InChI=1S/C8H12F3NO/c1-2-3-6(12)7(13)4-5-8(9,10)11/h2,6H,1,3-5,12H2. The quantitative estimate of drug-likeness (QED) is 0.680. The maximum absolute atomic E-state index is 11.7. The van der Waals surface area contributed by atoms with E-state index in [4.69, 9.17) is 5.73 Å². The van der Waals surface area contributed by atoms with Crippen LogP contribution in [0.4, 0.5) is 13.2 Å². The van der Waals surface area contributed by atoms with Crippen molar-refractivity contribution in [3.8, 4) is 0 Å². The number of carbonyl (C=O) groups excluding carboxylic acids is 1. The molecule has 0 heterocycles. The van der Waals surface area contributed by atoms with E-state index in [1.807, 2.05) is 0 Å². The predicted octanol–water partition coefficient (Wildman–Crippen LogP) is 1.80. The highest BCUT2D eigenvalue weighted by Gasteiger charge is 2.28. The summed E-state index contributed by atoms with van der Waals surface area (Å²) in [7, 11) is 0. The van der Waals surface area contributed by atoms with Gasteiger partial charge in [-0.05, 0) is 6.42 Å². The molecule has 0 aromatic rings. The third kappa shape index (κ3) is 6.33. The summed E-state index contributed by atoms with van der Waals surface area (Å²) in [6.45, 7) is 3.34. The summed E-state index contributed by atoms with van der Waals surface area (Å²) in [5.41, 5.74) is 5.27. The molecule has 0 aromatic carbocycles. The van der Waals surface area contributed by atoms with E-state index in [1.165, 1.54) is 6.08 Å². The van der Waals surface area contributed by atoms with Crippen LogP contribution in [0.2, 0.25) is 0 Å². The van der Waals surface area contributed by atoms with Crippen LogP contribution in [0.3, 0.4) is 0 Å². The van der Waals surface area contributed by atoms with E-state index in [0.29, 0.717) is 0 Å². The number of Topliss-reactive ketones (excluding diaryl/α,β-unsaturated/α-hetero) is 1. The van der Waals surface area contributed by atoms with Crippen LogP contribution in [0.15, 0.2) is 12.7 Å². The van der Waals surface area contributed by atoms with Crippen molar-refractivity contribution in [3.63, 3.8) is 0 Å². The number of ketones is 1. The van der Waals surface area contributed by atoms with Crippen molar-refractivity contribution in [3.05, 3.63) is 12.7 Å². The van der Waals surface area contributed by atoms with E-state index < -0.39 is 30.8 Å². The molecule has 2 N–H and O–H groups in total. The maximum atomic E-state index is 11.7. The lowest BCUT2D eigenvalue weighted by molar-refractivity contribution is -0.143. The Morgan fingerprint density at radius 1 is 1.54 bits per heavy atom. The van der Waals surface area contributed by atoms with Gasteiger partial charge in [0.05, 0.1) is 12.5 Å². The Morgan fingerprint density at radius 2 is 2.08 bits per heavy atom. The summed E-state index contributed by atoms with van der Waals surface area (Å²) in [4.78, 5) is 10.9. The fourth-order valence-electron chi connectivity index (χ4n) is 0.761. The molecule has 0 saturated carbocycles. The number of carbonyl (C=O) groups is 1. The normalized spacial score (nSPS) is 13.8. The van der Waals surface area contributed by atoms with Gasteiger partial charge in [-0.3, -0.25) is 4.79 Å². The van der Waals surface area contributed by atoms with Gasteiger partial charge in [0.15, 0.2) is 0 Å². The zero-order valence-corrected chi connectivity index (χ0v) is 7.10. The summed E-state index contributed by atoms with van der Waals surface area (Å²) < 4.78 is 35.0. The molecule has 13 heavy (non-hydrogen) atoms. The molecule has 1 unspecified atom stereocenters. The minimum Gasteiger partial charge on any atom is -0.321 e. The van der Waals surface area contributed by atoms with Crippen LogP contribution in [0.25, 0.3) is 0 Å². The molecule has 2 nitrogen and oxygen atoms in total. The highest BCUT2D eigenvalue weighted by Crippen LogP contribution is 2.21. The van der Waals surface area contributed by atoms with Crippen LogP contribution in [0, 0.1) is 0 Å². The molecule has 0 saturated heterocycles. The van der Waals surface area contributed by atoms with Crippen LogP contribution >= 0.6 is 0 Å². The van der Waals surface area contributed by atoms with Crippen LogP contribution in [-0.2, 0) is 4.79 Å². The van der Waals surface area contributed by atoms with Gasteiger partial charge in [-0.15, -0.1) is 6.58 Å². The third-order valence-electron chi connectivity index (χ3n) is 1.49. The third-order valence-corrected chi connectivity index (χ3v) is 1.49. The van der Waals surface area contributed by atoms with Gasteiger partial charge in [-0.2, -0.15) is 13.2 Å². The van der Waals surface area contributed by atoms with Gasteiger partial charge in [-0.1, -0.05) is 6.08 Å². The van der Waals surface area contributed by atoms with E-state index in [0.717, 1.165) is 0 Å². The topological polar surface area (TPSA) is 43.1 Å². The van der Waals surface area contributed by atoms with Gasteiger partial charge in [0, 0.05) is 6.42 Å². The summed E-state index contributed by atoms with van der Waals surface area (Å²) in [6.07, 6.45) is -4.30. The van der Waals surface area contributed by atoms with Crippen LogP contribution < -0.4 is 5.73 Å². The van der Waals surface area contributed by atoms with Crippen LogP contribution in [-0.4, -0.2) is 18.0 Å². The lowest BCUT2D eigenvalue weighted by Crippen LogP contribution is -2.30. The molecule has 0 aliphatic rings. The number of nitrogens with two attached hydrogens (primary N) is 1. The van der Waals surface area contributed by atoms with Crippen molar-refractivity contribution in [2.45, 2.75) is 31.5 Å². The van der Waals surface area contributed by atoms with Crippen LogP contribution in [0.5, 0.6) is 0 Å². The first-order chi connectivity index (χ1) is 5.87. The van der Waals surface area contributed by atoms with E-state index in [2.05, 4.69) is 6.58 Å². The number of hydrogen-bond donors (Lipinski definition) is 1. The van der Waals surface area contributed by atoms with Crippen molar-refractivity contribution in [2.24, 2.45) is 5.73 Å². The zero-order chi connectivity index (χ0) is 10.5. The Labute approximate surface area is 74.6 Å². The molecule has 0 bridgehead atoms. The first kappa shape index (κ1) is 12.2. The largest absolute Gasteiger partial charge is 0.389 e. The summed E-state index contributed by atoms with van der Waals surface area (Å²) in [6, 6.07) is -0.847. The molecule has 76 valence electrons. The highest BCUT2D eigenvalue weighted by atomic mass is 19.4. The van der Waals surface area contributed by atoms with Crippen molar-refractivity contribution in [1.29, 1.82) is 0 Å². The molecule has 1 atom stereocenters. The molecule has 0 fully saturated rings. The number of hydrogen-bond acceptors (Lipinski definition) is 2. The van der Waals surface area contributed by atoms with E-state index in [1.54, 1.807) is 0 Å². The minimum atomic E-state index is -4.29. The highest BCUT2D eigenvalue weighted by molar-refractivity contribution is 5.83. The lowest BCUT2D eigenvalue weighted by atomic mass is 10.1. The van der Waals surface area contributed by atoms with E-state index in [-0.39, 0.29) is 6.42 Å².